The van der Waals surface area contributed by atoms with Gasteiger partial charge in [-0.1, -0.05) is 35.1 Å². The number of nitrogens with zero attached hydrogens (tertiary/aromatic N) is 3. The number of aromatic nitrogens is 2. The van der Waals surface area contributed by atoms with Crippen LogP contribution in [-0.4, -0.2) is 46.6 Å². The predicted octanol–water partition coefficient (Wildman–Crippen LogP) is 3.22. The average molecular weight is 409 g/mol. The molecule has 1 aromatic heterocycles. The van der Waals surface area contributed by atoms with Crippen LogP contribution < -0.4 is 5.32 Å². The summed E-state index contributed by atoms with van der Waals surface area (Å²) in [5.74, 6) is -0.331. The van der Waals surface area contributed by atoms with Crippen LogP contribution in [0.1, 0.15) is 35.1 Å². The maximum absolute atomic E-state index is 12.6. The minimum Gasteiger partial charge on any atom is -0.374 e. The first-order valence-corrected chi connectivity index (χ1v) is 10.0. The van der Waals surface area contributed by atoms with Crippen molar-refractivity contribution in [3.05, 3.63) is 39.9 Å². The third-order valence-electron chi connectivity index (χ3n) is 4.38. The van der Waals surface area contributed by atoms with Crippen LogP contribution in [0, 0.1) is 5.92 Å². The summed E-state index contributed by atoms with van der Waals surface area (Å²) in [5, 5.41) is 12.4. The highest BCUT2D eigenvalue weighted by atomic mass is 35.5. The predicted molar refractivity (Wildman–Crippen MR) is 104 cm³/mol. The summed E-state index contributed by atoms with van der Waals surface area (Å²) in [6, 6.07) is 7.01. The van der Waals surface area contributed by atoms with E-state index in [1.165, 1.54) is 11.3 Å². The van der Waals surface area contributed by atoms with Gasteiger partial charge in [-0.2, -0.15) is 0 Å². The van der Waals surface area contributed by atoms with E-state index in [1.807, 2.05) is 6.92 Å². The van der Waals surface area contributed by atoms with Crippen LogP contribution in [0.4, 0.5) is 5.13 Å². The lowest BCUT2D eigenvalue weighted by Gasteiger charge is -2.31. The Morgan fingerprint density at radius 2 is 2.04 bits per heavy atom. The molecule has 1 aliphatic heterocycles. The lowest BCUT2D eigenvalue weighted by atomic mass is 9.95. The summed E-state index contributed by atoms with van der Waals surface area (Å²) in [6.07, 6.45) is 1.21. The second-order valence-electron chi connectivity index (χ2n) is 6.17. The molecule has 0 bridgehead atoms. The van der Waals surface area contributed by atoms with Crippen molar-refractivity contribution in [3.8, 4) is 0 Å². The Labute approximate surface area is 166 Å². The first-order valence-electron chi connectivity index (χ1n) is 8.83. The summed E-state index contributed by atoms with van der Waals surface area (Å²) < 4.78 is 5.28. The van der Waals surface area contributed by atoms with Gasteiger partial charge >= 0.3 is 0 Å². The van der Waals surface area contributed by atoms with Crippen molar-refractivity contribution in [2.24, 2.45) is 5.92 Å². The number of hydrogen-bond donors (Lipinski definition) is 1. The van der Waals surface area contributed by atoms with Gasteiger partial charge in [0.05, 0.1) is 10.6 Å². The van der Waals surface area contributed by atoms with Crippen molar-refractivity contribution in [3.63, 3.8) is 0 Å². The Bertz CT molecular complexity index is 805. The van der Waals surface area contributed by atoms with Crippen LogP contribution in [-0.2, 0) is 16.1 Å². The number of rotatable bonds is 6. The summed E-state index contributed by atoms with van der Waals surface area (Å²) >= 11 is 7.42. The number of hydrogen-bond acceptors (Lipinski definition) is 6. The standard InChI is InChI=1S/C18H21ClN4O3S/c1-2-26-11-15-21-22-18(27-15)20-16(24)12-7-9-23(10-8-12)17(25)13-5-3-4-6-14(13)19/h3-6,12H,2,7-11H2,1H3,(H,20,22,24). The van der Waals surface area contributed by atoms with Crippen molar-refractivity contribution in [2.75, 3.05) is 25.0 Å². The van der Waals surface area contributed by atoms with Crippen molar-refractivity contribution in [1.29, 1.82) is 0 Å². The van der Waals surface area contributed by atoms with Crippen LogP contribution in [0.3, 0.4) is 0 Å². The molecule has 2 heterocycles. The number of carbonyl (C=O) groups is 2. The van der Waals surface area contributed by atoms with E-state index in [0.717, 1.165) is 5.01 Å². The molecule has 1 saturated heterocycles. The molecule has 0 aliphatic carbocycles. The topological polar surface area (TPSA) is 84.4 Å². The number of likely N-dealkylation sites (tertiary alicyclic amines) is 1. The number of anilines is 1. The first-order chi connectivity index (χ1) is 13.1. The smallest absolute Gasteiger partial charge is 0.255 e. The second kappa shape index (κ2) is 9.25. The van der Waals surface area contributed by atoms with Crippen LogP contribution in [0.2, 0.25) is 5.02 Å². The summed E-state index contributed by atoms with van der Waals surface area (Å²) in [7, 11) is 0. The third kappa shape index (κ3) is 5.03. The highest BCUT2D eigenvalue weighted by Gasteiger charge is 2.29. The maximum Gasteiger partial charge on any atom is 0.255 e. The molecule has 1 fully saturated rings. The van der Waals surface area contributed by atoms with Gasteiger partial charge in [0.1, 0.15) is 11.6 Å². The van der Waals surface area contributed by atoms with E-state index in [0.29, 0.717) is 54.9 Å². The quantitative estimate of drug-likeness (QED) is 0.793. The number of benzene rings is 1. The molecule has 0 unspecified atom stereocenters. The van der Waals surface area contributed by atoms with E-state index in [-0.39, 0.29) is 17.7 Å². The van der Waals surface area contributed by atoms with Gasteiger partial charge in [-0.05, 0) is 31.9 Å². The van der Waals surface area contributed by atoms with Crippen molar-refractivity contribution >= 4 is 39.9 Å². The highest BCUT2D eigenvalue weighted by Crippen LogP contribution is 2.24. The maximum atomic E-state index is 12.6. The van der Waals surface area contributed by atoms with Gasteiger partial charge in [0.2, 0.25) is 11.0 Å². The first kappa shape index (κ1) is 19.7. The molecule has 1 aromatic carbocycles. The molecule has 144 valence electrons. The summed E-state index contributed by atoms with van der Waals surface area (Å²) in [5.41, 5.74) is 0.498. The van der Waals surface area contributed by atoms with E-state index in [4.69, 9.17) is 16.3 Å². The number of nitrogens with one attached hydrogen (secondary N) is 1. The fraction of sp³-hybridized carbons (Fsp3) is 0.444. The lowest BCUT2D eigenvalue weighted by Crippen LogP contribution is -2.41. The molecule has 7 nitrogen and oxygen atoms in total. The zero-order valence-electron chi connectivity index (χ0n) is 15.0. The molecule has 2 aromatic rings. The van der Waals surface area contributed by atoms with Crippen molar-refractivity contribution in [1.82, 2.24) is 15.1 Å². The Kier molecular flexibility index (Phi) is 6.76. The van der Waals surface area contributed by atoms with Crippen molar-refractivity contribution in [2.45, 2.75) is 26.4 Å². The monoisotopic (exact) mass is 408 g/mol. The molecule has 0 saturated carbocycles. The van der Waals surface area contributed by atoms with Gasteiger partial charge in [-0.25, -0.2) is 0 Å². The van der Waals surface area contributed by atoms with Crippen LogP contribution in [0.15, 0.2) is 24.3 Å². The molecular weight excluding hydrogens is 388 g/mol. The summed E-state index contributed by atoms with van der Waals surface area (Å²) in [4.78, 5) is 26.8. The SMILES string of the molecule is CCOCc1nnc(NC(=O)C2CCN(C(=O)c3ccccc3Cl)CC2)s1. The number of halogens is 1. The van der Waals surface area contributed by atoms with Gasteiger partial charge in [0.25, 0.3) is 5.91 Å². The van der Waals surface area contributed by atoms with E-state index < -0.39 is 0 Å². The molecule has 0 atom stereocenters. The van der Waals surface area contributed by atoms with Gasteiger partial charge in [-0.15, -0.1) is 10.2 Å². The van der Waals surface area contributed by atoms with E-state index in [1.54, 1.807) is 29.2 Å². The van der Waals surface area contributed by atoms with Crippen LogP contribution >= 0.6 is 22.9 Å². The molecule has 1 N–H and O–H groups in total. The molecule has 3 rings (SSSR count). The Morgan fingerprint density at radius 3 is 2.74 bits per heavy atom. The minimum absolute atomic E-state index is 0.0843. The normalized spacial score (nSPS) is 15.0. The van der Waals surface area contributed by atoms with Gasteiger partial charge in [0, 0.05) is 25.6 Å². The average Bonchev–Trinajstić information content (AvgIpc) is 3.13. The summed E-state index contributed by atoms with van der Waals surface area (Å²) in [6.45, 7) is 3.95. The van der Waals surface area contributed by atoms with Gasteiger partial charge < -0.3 is 15.0 Å². The Hall–Kier alpha value is -2.03. The molecule has 9 heteroatoms. The fourth-order valence-corrected chi connectivity index (χ4v) is 3.81. The molecular formula is C18H21ClN4O3S. The Morgan fingerprint density at radius 1 is 1.30 bits per heavy atom. The van der Waals surface area contributed by atoms with Crippen LogP contribution in [0.25, 0.3) is 0 Å². The van der Waals surface area contributed by atoms with Crippen LogP contribution in [0.5, 0.6) is 0 Å². The molecule has 0 spiro atoms. The third-order valence-corrected chi connectivity index (χ3v) is 5.53. The molecule has 27 heavy (non-hydrogen) atoms. The number of ether oxygens (including phenoxy) is 1. The largest absolute Gasteiger partial charge is 0.374 e. The lowest BCUT2D eigenvalue weighted by molar-refractivity contribution is -0.121. The minimum atomic E-state index is -0.153. The molecule has 1 aliphatic rings. The number of piperidine rings is 1. The van der Waals surface area contributed by atoms with E-state index >= 15 is 0 Å². The van der Waals surface area contributed by atoms with Gasteiger partial charge in [0.15, 0.2) is 0 Å². The zero-order chi connectivity index (χ0) is 19.2. The van der Waals surface area contributed by atoms with Crippen molar-refractivity contribution < 1.29 is 14.3 Å². The highest BCUT2D eigenvalue weighted by molar-refractivity contribution is 7.15. The number of carbonyl (C=O) groups excluding carboxylic acids is 2. The van der Waals surface area contributed by atoms with E-state index in [9.17, 15) is 9.59 Å². The molecule has 0 radical (unpaired) electrons. The number of amides is 2. The fourth-order valence-electron chi connectivity index (χ4n) is 2.91. The Balaban J connectivity index is 1.51. The molecule has 2 amide bonds. The zero-order valence-corrected chi connectivity index (χ0v) is 16.6. The van der Waals surface area contributed by atoms with Gasteiger partial charge in [-0.3, -0.25) is 9.59 Å². The second-order valence-corrected chi connectivity index (χ2v) is 7.64. The van der Waals surface area contributed by atoms with E-state index in [2.05, 4.69) is 15.5 Å².